The van der Waals surface area contributed by atoms with Gasteiger partial charge in [-0.15, -0.1) is 22.7 Å². The van der Waals surface area contributed by atoms with Crippen molar-refractivity contribution in [2.75, 3.05) is 6.54 Å². The zero-order valence-electron chi connectivity index (χ0n) is 9.87. The van der Waals surface area contributed by atoms with Crippen LogP contribution in [-0.4, -0.2) is 11.5 Å². The summed E-state index contributed by atoms with van der Waals surface area (Å²) in [6, 6.07) is 2.58. The molecule has 2 nitrogen and oxygen atoms in total. The fourth-order valence-electron chi connectivity index (χ4n) is 1.72. The Hall–Kier alpha value is -0.230. The minimum Gasteiger partial charge on any atom is -0.309 e. The Labute approximate surface area is 118 Å². The zero-order valence-corrected chi connectivity index (χ0v) is 13.1. The molecule has 1 unspecified atom stereocenters. The highest BCUT2D eigenvalue weighted by molar-refractivity contribution is 9.10. The molecule has 0 aliphatic carbocycles. The van der Waals surface area contributed by atoms with Gasteiger partial charge in [0.15, 0.2) is 0 Å². The highest BCUT2D eigenvalue weighted by atomic mass is 79.9. The summed E-state index contributed by atoms with van der Waals surface area (Å²) in [5, 5.41) is 6.80. The molecule has 1 N–H and O–H groups in total. The van der Waals surface area contributed by atoms with Crippen molar-refractivity contribution in [2.24, 2.45) is 0 Å². The first-order valence-corrected chi connectivity index (χ1v) is 8.06. The highest BCUT2D eigenvalue weighted by Gasteiger charge is 2.14. The molecule has 0 spiro atoms. The van der Waals surface area contributed by atoms with E-state index < -0.39 is 0 Å². The Balaban J connectivity index is 2.12. The van der Waals surface area contributed by atoms with Crippen molar-refractivity contribution in [3.63, 3.8) is 0 Å². The first-order valence-electron chi connectivity index (χ1n) is 5.57. The first-order chi connectivity index (χ1) is 8.19. The summed E-state index contributed by atoms with van der Waals surface area (Å²) in [5.74, 6) is 0. The summed E-state index contributed by atoms with van der Waals surface area (Å²) in [4.78, 5) is 7.06. The second kappa shape index (κ2) is 6.09. The molecule has 2 heterocycles. The monoisotopic (exact) mass is 330 g/mol. The third-order valence-corrected chi connectivity index (χ3v) is 5.21. The molecule has 2 rings (SSSR count). The lowest BCUT2D eigenvalue weighted by molar-refractivity contribution is 0.561. The van der Waals surface area contributed by atoms with Crippen LogP contribution in [0.25, 0.3) is 0 Å². The summed E-state index contributed by atoms with van der Waals surface area (Å²) in [5.41, 5.74) is 0. The maximum Gasteiger partial charge on any atom is 0.0897 e. The number of halogens is 1. The van der Waals surface area contributed by atoms with Gasteiger partial charge in [0, 0.05) is 38.3 Å². The molecule has 2 aromatic rings. The molecular weight excluding hydrogens is 316 g/mol. The van der Waals surface area contributed by atoms with E-state index in [0.29, 0.717) is 6.04 Å². The molecule has 0 saturated heterocycles. The first kappa shape index (κ1) is 13.2. The van der Waals surface area contributed by atoms with Crippen LogP contribution in [0.1, 0.15) is 27.7 Å². The van der Waals surface area contributed by atoms with Crippen molar-refractivity contribution >= 4 is 38.6 Å². The van der Waals surface area contributed by atoms with Crippen molar-refractivity contribution in [3.05, 3.63) is 36.9 Å². The van der Waals surface area contributed by atoms with Gasteiger partial charge in [-0.3, -0.25) is 0 Å². The van der Waals surface area contributed by atoms with Crippen molar-refractivity contribution in [3.8, 4) is 0 Å². The lowest BCUT2D eigenvalue weighted by atomic mass is 10.1. The summed E-state index contributed by atoms with van der Waals surface area (Å²) in [6.45, 7) is 5.18. The van der Waals surface area contributed by atoms with Crippen LogP contribution < -0.4 is 5.32 Å². The van der Waals surface area contributed by atoms with Gasteiger partial charge in [-0.1, -0.05) is 6.92 Å². The molecule has 5 heteroatoms. The van der Waals surface area contributed by atoms with Crippen LogP contribution in [0.15, 0.2) is 22.1 Å². The van der Waals surface area contributed by atoms with Gasteiger partial charge in [-0.05, 0) is 35.5 Å². The van der Waals surface area contributed by atoms with E-state index >= 15 is 0 Å². The lowest BCUT2D eigenvalue weighted by Gasteiger charge is -2.14. The minimum atomic E-state index is 0.386. The molecule has 0 aliphatic heterocycles. The summed E-state index contributed by atoms with van der Waals surface area (Å²) in [6.07, 6.45) is 3.03. The lowest BCUT2D eigenvalue weighted by Crippen LogP contribution is -2.21. The van der Waals surface area contributed by atoms with Crippen LogP contribution in [0, 0.1) is 6.92 Å². The number of aromatic nitrogens is 1. The molecule has 2 aromatic heterocycles. The fourth-order valence-corrected chi connectivity index (χ4v) is 4.08. The molecular formula is C12H15BrN2S2. The van der Waals surface area contributed by atoms with Crippen molar-refractivity contribution < 1.29 is 0 Å². The Morgan fingerprint density at radius 1 is 1.53 bits per heavy atom. The number of nitrogens with zero attached hydrogens (tertiary/aromatic N) is 1. The number of likely N-dealkylation sites (N-methyl/N-ethyl adjacent to an activating group) is 1. The maximum atomic E-state index is 4.34. The number of hydrogen-bond donors (Lipinski definition) is 1. The van der Waals surface area contributed by atoms with E-state index in [-0.39, 0.29) is 0 Å². The predicted molar refractivity (Wildman–Crippen MR) is 79.0 cm³/mol. The van der Waals surface area contributed by atoms with Crippen molar-refractivity contribution in [2.45, 2.75) is 26.3 Å². The van der Waals surface area contributed by atoms with Crippen LogP contribution in [0.4, 0.5) is 0 Å². The normalized spacial score (nSPS) is 12.9. The maximum absolute atomic E-state index is 4.34. The Kier molecular flexibility index (Phi) is 4.73. The Morgan fingerprint density at radius 3 is 2.88 bits per heavy atom. The number of nitrogens with one attached hydrogen (secondary N) is 1. The van der Waals surface area contributed by atoms with Gasteiger partial charge in [0.1, 0.15) is 0 Å². The van der Waals surface area contributed by atoms with Crippen LogP contribution in [-0.2, 0) is 6.42 Å². The van der Waals surface area contributed by atoms with E-state index in [1.54, 1.807) is 22.7 Å². The number of thiazole rings is 1. The van der Waals surface area contributed by atoms with Crippen LogP contribution in [0.2, 0.25) is 0 Å². The van der Waals surface area contributed by atoms with E-state index in [1.807, 2.05) is 6.20 Å². The SMILES string of the molecule is CCNC(Cc1cc(Br)cs1)c1cnc(C)s1. The van der Waals surface area contributed by atoms with E-state index in [1.165, 1.54) is 14.2 Å². The van der Waals surface area contributed by atoms with Gasteiger partial charge < -0.3 is 5.32 Å². The van der Waals surface area contributed by atoms with Crippen LogP contribution >= 0.6 is 38.6 Å². The van der Waals surface area contributed by atoms with E-state index in [2.05, 4.69) is 51.5 Å². The van der Waals surface area contributed by atoms with Crippen LogP contribution in [0.3, 0.4) is 0 Å². The van der Waals surface area contributed by atoms with Gasteiger partial charge in [-0.25, -0.2) is 4.98 Å². The fraction of sp³-hybridized carbons (Fsp3) is 0.417. The van der Waals surface area contributed by atoms with Gasteiger partial charge in [0.25, 0.3) is 0 Å². The highest BCUT2D eigenvalue weighted by Crippen LogP contribution is 2.28. The average molecular weight is 331 g/mol. The van der Waals surface area contributed by atoms with Crippen molar-refractivity contribution in [1.82, 2.24) is 10.3 Å². The summed E-state index contributed by atoms with van der Waals surface area (Å²) < 4.78 is 1.17. The number of hydrogen-bond acceptors (Lipinski definition) is 4. The predicted octanol–water partition coefficient (Wildman–Crippen LogP) is 4.17. The van der Waals surface area contributed by atoms with Gasteiger partial charge in [0.2, 0.25) is 0 Å². The smallest absolute Gasteiger partial charge is 0.0897 e. The minimum absolute atomic E-state index is 0.386. The number of rotatable bonds is 5. The molecule has 92 valence electrons. The second-order valence-corrected chi connectivity index (χ2v) is 7.01. The Bertz CT molecular complexity index is 478. The molecule has 0 radical (unpaired) electrons. The second-order valence-electron chi connectivity index (χ2n) is 3.83. The quantitative estimate of drug-likeness (QED) is 0.889. The zero-order chi connectivity index (χ0) is 12.3. The topological polar surface area (TPSA) is 24.9 Å². The molecule has 1 atom stereocenters. The molecule has 17 heavy (non-hydrogen) atoms. The standard InChI is InChI=1S/C12H15BrN2S2/c1-3-14-11(12-6-15-8(2)17-12)5-10-4-9(13)7-16-10/h4,6-7,11,14H,3,5H2,1-2H3. The van der Waals surface area contributed by atoms with E-state index in [4.69, 9.17) is 0 Å². The third kappa shape index (κ3) is 3.61. The largest absolute Gasteiger partial charge is 0.309 e. The van der Waals surface area contributed by atoms with Gasteiger partial charge in [0.05, 0.1) is 5.01 Å². The van der Waals surface area contributed by atoms with Crippen LogP contribution in [0.5, 0.6) is 0 Å². The third-order valence-electron chi connectivity index (χ3n) is 2.46. The van der Waals surface area contributed by atoms with Gasteiger partial charge >= 0.3 is 0 Å². The summed E-state index contributed by atoms with van der Waals surface area (Å²) in [7, 11) is 0. The van der Waals surface area contributed by atoms with E-state index in [9.17, 15) is 0 Å². The molecule has 0 amide bonds. The molecule has 0 fully saturated rings. The molecule has 0 aliphatic rings. The molecule has 0 saturated carbocycles. The van der Waals surface area contributed by atoms with Crippen molar-refractivity contribution in [1.29, 1.82) is 0 Å². The van der Waals surface area contributed by atoms with E-state index in [0.717, 1.165) is 18.0 Å². The number of thiophene rings is 1. The summed E-state index contributed by atoms with van der Waals surface area (Å²) >= 11 is 7.09. The average Bonchev–Trinajstić information content (AvgIpc) is 2.87. The molecule has 0 aromatic carbocycles. The Morgan fingerprint density at radius 2 is 2.35 bits per heavy atom. The molecule has 0 bridgehead atoms. The number of aryl methyl sites for hydroxylation is 1. The van der Waals surface area contributed by atoms with Gasteiger partial charge in [-0.2, -0.15) is 0 Å².